The van der Waals surface area contributed by atoms with Crippen molar-refractivity contribution in [1.82, 2.24) is 19.8 Å². The van der Waals surface area contributed by atoms with Gasteiger partial charge in [-0.1, -0.05) is 13.8 Å². The van der Waals surface area contributed by atoms with Crippen molar-refractivity contribution >= 4 is 11.7 Å². The highest BCUT2D eigenvalue weighted by atomic mass is 16.2. The molecule has 2 amide bonds. The predicted octanol–water partition coefficient (Wildman–Crippen LogP) is 1.71. The van der Waals surface area contributed by atoms with Crippen molar-refractivity contribution in [3.05, 3.63) is 42.5 Å². The fourth-order valence-corrected chi connectivity index (χ4v) is 3.77. The van der Waals surface area contributed by atoms with Crippen molar-refractivity contribution in [2.24, 2.45) is 5.73 Å². The molecule has 2 atom stereocenters. The highest BCUT2D eigenvalue weighted by molar-refractivity contribution is 5.95. The third kappa shape index (κ3) is 2.97. The topological polar surface area (TPSA) is 79.4 Å². The highest BCUT2D eigenvalue weighted by Gasteiger charge is 2.44. The van der Waals surface area contributed by atoms with Gasteiger partial charge in [-0.3, -0.25) is 4.90 Å². The van der Waals surface area contributed by atoms with Crippen molar-refractivity contribution < 1.29 is 4.79 Å². The van der Waals surface area contributed by atoms with Crippen LogP contribution in [-0.2, 0) is 6.54 Å². The van der Waals surface area contributed by atoms with Crippen molar-refractivity contribution in [2.45, 2.75) is 44.9 Å². The zero-order chi connectivity index (χ0) is 18.3. The zero-order valence-electron chi connectivity index (χ0n) is 15.3. The minimum Gasteiger partial charge on any atom is -0.326 e. The standard InChI is InChI=1S/C19H26N6O/c1-13(2)22-11-18-21-8-10-23(18)14-3-5-15(6-4-14)25-12-17-16(20)7-9-24(17)19(25)26/h3-6,8,10,13,16-17,22H,7,9,11-12,20H2,1-2H3/t16-,17-/m1/s1. The van der Waals surface area contributed by atoms with Crippen LogP contribution in [0.25, 0.3) is 5.69 Å². The zero-order valence-corrected chi connectivity index (χ0v) is 15.3. The first kappa shape index (κ1) is 17.1. The summed E-state index contributed by atoms with van der Waals surface area (Å²) in [5.41, 5.74) is 8.10. The van der Waals surface area contributed by atoms with Crippen LogP contribution in [-0.4, -0.2) is 51.7 Å². The second kappa shape index (κ2) is 6.74. The third-order valence-electron chi connectivity index (χ3n) is 5.27. The molecule has 0 unspecified atom stereocenters. The summed E-state index contributed by atoms with van der Waals surface area (Å²) < 4.78 is 2.07. The van der Waals surface area contributed by atoms with Gasteiger partial charge < -0.3 is 20.5 Å². The summed E-state index contributed by atoms with van der Waals surface area (Å²) in [5, 5.41) is 3.39. The van der Waals surface area contributed by atoms with Gasteiger partial charge in [0.2, 0.25) is 0 Å². The number of fused-ring (bicyclic) bond motifs is 1. The van der Waals surface area contributed by atoms with Gasteiger partial charge in [0.15, 0.2) is 0 Å². The predicted molar refractivity (Wildman–Crippen MR) is 101 cm³/mol. The van der Waals surface area contributed by atoms with Crippen molar-refractivity contribution in [3.63, 3.8) is 0 Å². The molecule has 0 radical (unpaired) electrons. The van der Waals surface area contributed by atoms with Crippen LogP contribution in [0.5, 0.6) is 0 Å². The minimum atomic E-state index is 0.0696. The first-order valence-corrected chi connectivity index (χ1v) is 9.24. The van der Waals surface area contributed by atoms with Gasteiger partial charge in [-0.05, 0) is 30.7 Å². The Morgan fingerprint density at radius 1 is 1.27 bits per heavy atom. The molecule has 26 heavy (non-hydrogen) atoms. The van der Waals surface area contributed by atoms with Crippen LogP contribution in [0.1, 0.15) is 26.1 Å². The fraction of sp³-hybridized carbons (Fsp3) is 0.474. The Morgan fingerprint density at radius 2 is 2.00 bits per heavy atom. The second-order valence-corrected chi connectivity index (χ2v) is 7.37. The summed E-state index contributed by atoms with van der Waals surface area (Å²) in [6.07, 6.45) is 4.67. The van der Waals surface area contributed by atoms with Gasteiger partial charge in [0.25, 0.3) is 0 Å². The molecule has 7 nitrogen and oxygen atoms in total. The normalized spacial score (nSPS) is 22.5. The molecule has 0 bridgehead atoms. The Labute approximate surface area is 153 Å². The maximum Gasteiger partial charge on any atom is 0.324 e. The number of imidazole rings is 1. The van der Waals surface area contributed by atoms with Crippen LogP contribution in [0.15, 0.2) is 36.7 Å². The molecule has 2 fully saturated rings. The summed E-state index contributed by atoms with van der Waals surface area (Å²) in [4.78, 5) is 20.8. The smallest absolute Gasteiger partial charge is 0.324 e. The largest absolute Gasteiger partial charge is 0.326 e. The molecule has 2 aliphatic heterocycles. The Morgan fingerprint density at radius 3 is 2.69 bits per heavy atom. The number of amides is 2. The molecule has 1 aromatic heterocycles. The van der Waals surface area contributed by atoms with Crippen LogP contribution >= 0.6 is 0 Å². The van der Waals surface area contributed by atoms with E-state index in [0.29, 0.717) is 19.1 Å². The van der Waals surface area contributed by atoms with Gasteiger partial charge >= 0.3 is 6.03 Å². The first-order chi connectivity index (χ1) is 12.5. The van der Waals surface area contributed by atoms with E-state index in [-0.39, 0.29) is 18.1 Å². The lowest BCUT2D eigenvalue weighted by atomic mass is 10.1. The average molecular weight is 354 g/mol. The Kier molecular flexibility index (Phi) is 4.42. The number of hydrogen-bond acceptors (Lipinski definition) is 4. The lowest BCUT2D eigenvalue weighted by molar-refractivity contribution is 0.218. The van der Waals surface area contributed by atoms with Gasteiger partial charge in [-0.25, -0.2) is 9.78 Å². The van der Waals surface area contributed by atoms with Gasteiger partial charge in [0.1, 0.15) is 5.82 Å². The van der Waals surface area contributed by atoms with E-state index in [1.165, 1.54) is 0 Å². The summed E-state index contributed by atoms with van der Waals surface area (Å²) in [7, 11) is 0. The summed E-state index contributed by atoms with van der Waals surface area (Å²) in [6.45, 7) is 6.39. The molecule has 0 aliphatic carbocycles. The van der Waals surface area contributed by atoms with Crippen molar-refractivity contribution in [3.8, 4) is 5.69 Å². The van der Waals surface area contributed by atoms with Gasteiger partial charge in [-0.2, -0.15) is 0 Å². The number of hydrogen-bond donors (Lipinski definition) is 2. The molecule has 0 spiro atoms. The maximum absolute atomic E-state index is 12.6. The lowest BCUT2D eigenvalue weighted by Crippen LogP contribution is -2.37. The molecule has 4 rings (SSSR count). The Hall–Kier alpha value is -2.38. The quantitative estimate of drug-likeness (QED) is 0.857. The van der Waals surface area contributed by atoms with Crippen LogP contribution in [0.3, 0.4) is 0 Å². The number of benzene rings is 1. The molecule has 2 aliphatic rings. The summed E-state index contributed by atoms with van der Waals surface area (Å²) in [6, 6.07) is 8.78. The van der Waals surface area contributed by atoms with Crippen LogP contribution in [0.2, 0.25) is 0 Å². The summed E-state index contributed by atoms with van der Waals surface area (Å²) in [5.74, 6) is 0.968. The van der Waals surface area contributed by atoms with E-state index >= 15 is 0 Å². The number of aromatic nitrogens is 2. The van der Waals surface area contributed by atoms with E-state index in [0.717, 1.165) is 30.2 Å². The van der Waals surface area contributed by atoms with E-state index in [2.05, 4.69) is 28.7 Å². The van der Waals surface area contributed by atoms with Crippen LogP contribution < -0.4 is 16.0 Å². The molecule has 3 heterocycles. The van der Waals surface area contributed by atoms with E-state index in [1.54, 1.807) is 0 Å². The number of carbonyl (C=O) groups is 1. The monoisotopic (exact) mass is 354 g/mol. The third-order valence-corrected chi connectivity index (χ3v) is 5.27. The SMILES string of the molecule is CC(C)NCc1nccn1-c1ccc(N2C[C@@H]3[C@H](N)CCN3C2=O)cc1. The molecule has 2 saturated heterocycles. The van der Waals surface area contributed by atoms with Gasteiger partial charge in [-0.15, -0.1) is 0 Å². The molecular weight excluding hydrogens is 328 g/mol. The van der Waals surface area contributed by atoms with E-state index < -0.39 is 0 Å². The molecule has 2 aromatic rings. The highest BCUT2D eigenvalue weighted by Crippen LogP contribution is 2.30. The van der Waals surface area contributed by atoms with Gasteiger partial charge in [0, 0.05) is 48.9 Å². The number of nitrogens with one attached hydrogen (secondary N) is 1. The maximum atomic E-state index is 12.6. The minimum absolute atomic E-state index is 0.0696. The van der Waals surface area contributed by atoms with Crippen molar-refractivity contribution in [1.29, 1.82) is 0 Å². The molecule has 1 aromatic carbocycles. The van der Waals surface area contributed by atoms with Crippen LogP contribution in [0, 0.1) is 0 Å². The molecule has 138 valence electrons. The van der Waals surface area contributed by atoms with E-state index in [9.17, 15) is 4.79 Å². The van der Waals surface area contributed by atoms with E-state index in [1.807, 2.05) is 46.5 Å². The molecular formula is C19H26N6O. The molecule has 0 saturated carbocycles. The Bertz CT molecular complexity index is 784. The average Bonchev–Trinajstić information content (AvgIpc) is 3.32. The molecule has 3 N–H and O–H groups in total. The summed E-state index contributed by atoms with van der Waals surface area (Å²) >= 11 is 0. The number of urea groups is 1. The fourth-order valence-electron chi connectivity index (χ4n) is 3.77. The Balaban J connectivity index is 1.51. The van der Waals surface area contributed by atoms with Crippen LogP contribution in [0.4, 0.5) is 10.5 Å². The molecule has 7 heteroatoms. The number of rotatable bonds is 5. The number of nitrogens with two attached hydrogens (primary N) is 1. The van der Waals surface area contributed by atoms with Gasteiger partial charge in [0.05, 0.1) is 12.6 Å². The number of anilines is 1. The lowest BCUT2D eigenvalue weighted by Gasteiger charge is -2.18. The number of carbonyl (C=O) groups excluding carboxylic acids is 1. The second-order valence-electron chi connectivity index (χ2n) is 7.37. The van der Waals surface area contributed by atoms with Crippen molar-refractivity contribution in [2.75, 3.05) is 18.0 Å². The first-order valence-electron chi connectivity index (χ1n) is 9.24. The number of nitrogens with zero attached hydrogens (tertiary/aromatic N) is 4. The van der Waals surface area contributed by atoms with E-state index in [4.69, 9.17) is 5.73 Å².